The van der Waals surface area contributed by atoms with Crippen molar-refractivity contribution < 1.29 is 0 Å². The van der Waals surface area contributed by atoms with E-state index in [1.165, 1.54) is 0 Å². The van der Waals surface area contributed by atoms with E-state index in [2.05, 4.69) is 38.2 Å². The number of nitrogens with one attached hydrogen (secondary N) is 1. The quantitative estimate of drug-likeness (QED) is 0.601. The number of halogens is 1. The largest absolute Gasteiger partial charge is 0.379 e. The van der Waals surface area contributed by atoms with Crippen molar-refractivity contribution in [2.45, 2.75) is 26.3 Å². The molecule has 0 saturated carbocycles. The average Bonchev–Trinajstić information content (AvgIpc) is 2.54. The van der Waals surface area contributed by atoms with Gasteiger partial charge in [-0.2, -0.15) is 5.26 Å². The van der Waals surface area contributed by atoms with Crippen LogP contribution in [0.3, 0.4) is 0 Å². The molecule has 0 aliphatic carbocycles. The van der Waals surface area contributed by atoms with E-state index in [0.717, 1.165) is 27.6 Å². The fraction of sp³-hybridized carbons (Fsp3) is 0.190. The van der Waals surface area contributed by atoms with Crippen LogP contribution in [0, 0.1) is 11.3 Å². The van der Waals surface area contributed by atoms with Gasteiger partial charge in [0, 0.05) is 21.5 Å². The molecule has 0 atom stereocenters. The summed E-state index contributed by atoms with van der Waals surface area (Å²) in [7, 11) is 0. The van der Waals surface area contributed by atoms with Gasteiger partial charge >= 0.3 is 0 Å². The molecular formula is C21H19ClN2. The maximum atomic E-state index is 9.82. The van der Waals surface area contributed by atoms with Crippen LogP contribution >= 0.6 is 11.6 Å². The Bertz CT molecular complexity index is 929. The maximum absolute atomic E-state index is 9.82. The lowest BCUT2D eigenvalue weighted by Gasteiger charge is -2.26. The highest BCUT2D eigenvalue weighted by atomic mass is 35.5. The maximum Gasteiger partial charge on any atom is 0.102 e. The molecule has 0 spiro atoms. The van der Waals surface area contributed by atoms with E-state index in [9.17, 15) is 5.26 Å². The second-order valence-corrected chi connectivity index (χ2v) is 7.33. The van der Waals surface area contributed by atoms with Crippen molar-refractivity contribution in [3.05, 3.63) is 65.2 Å². The highest BCUT2D eigenvalue weighted by Crippen LogP contribution is 2.38. The Kier molecular flexibility index (Phi) is 4.22. The van der Waals surface area contributed by atoms with Gasteiger partial charge in [-0.25, -0.2) is 0 Å². The predicted octanol–water partition coefficient (Wildman–Crippen LogP) is 6.24. The number of fused-ring (bicyclic) bond motifs is 1. The third-order valence-corrected chi connectivity index (χ3v) is 4.07. The molecule has 0 aromatic heterocycles. The van der Waals surface area contributed by atoms with E-state index in [0.29, 0.717) is 10.6 Å². The minimum Gasteiger partial charge on any atom is -0.379 e. The summed E-state index contributed by atoms with van der Waals surface area (Å²) in [6.45, 7) is 6.28. The van der Waals surface area contributed by atoms with Crippen LogP contribution in [0.1, 0.15) is 26.3 Å². The Hall–Kier alpha value is -2.50. The Labute approximate surface area is 147 Å². The first kappa shape index (κ1) is 16.4. The first-order valence-electron chi connectivity index (χ1n) is 7.89. The average molecular weight is 335 g/mol. The predicted molar refractivity (Wildman–Crippen MR) is 102 cm³/mol. The van der Waals surface area contributed by atoms with Gasteiger partial charge < -0.3 is 5.32 Å². The molecule has 0 radical (unpaired) electrons. The van der Waals surface area contributed by atoms with Gasteiger partial charge in [-0.15, -0.1) is 0 Å². The lowest BCUT2D eigenvalue weighted by atomic mass is 9.93. The standard InChI is InChI=1S/C21H19ClN2/c1-21(2,3)24-20-18(14-8-10-16(22)11-9-14)12-15-6-4-5-7-17(15)19(20)13-23/h4-12,24H,1-3H3. The van der Waals surface area contributed by atoms with E-state index in [1.807, 2.05) is 48.5 Å². The summed E-state index contributed by atoms with van der Waals surface area (Å²) in [4.78, 5) is 0. The molecular weight excluding hydrogens is 316 g/mol. The molecule has 3 aromatic rings. The summed E-state index contributed by atoms with van der Waals surface area (Å²) in [6.07, 6.45) is 0. The van der Waals surface area contributed by atoms with Gasteiger partial charge in [0.25, 0.3) is 0 Å². The number of nitriles is 1. The zero-order chi connectivity index (χ0) is 17.3. The van der Waals surface area contributed by atoms with Gasteiger partial charge in [-0.1, -0.05) is 48.0 Å². The van der Waals surface area contributed by atoms with Crippen molar-refractivity contribution in [1.29, 1.82) is 5.26 Å². The molecule has 0 saturated heterocycles. The smallest absolute Gasteiger partial charge is 0.102 e. The number of hydrogen-bond acceptors (Lipinski definition) is 2. The lowest BCUT2D eigenvalue weighted by Crippen LogP contribution is -2.27. The molecule has 24 heavy (non-hydrogen) atoms. The molecule has 0 amide bonds. The SMILES string of the molecule is CC(C)(C)Nc1c(-c2ccc(Cl)cc2)cc2ccccc2c1C#N. The Balaban J connectivity index is 2.35. The van der Waals surface area contributed by atoms with Crippen molar-refractivity contribution in [3.63, 3.8) is 0 Å². The topological polar surface area (TPSA) is 35.8 Å². The second-order valence-electron chi connectivity index (χ2n) is 6.89. The van der Waals surface area contributed by atoms with Gasteiger partial charge in [0.2, 0.25) is 0 Å². The monoisotopic (exact) mass is 334 g/mol. The van der Waals surface area contributed by atoms with Crippen LogP contribution in [0.5, 0.6) is 0 Å². The number of nitrogens with zero attached hydrogens (tertiary/aromatic N) is 1. The number of hydrogen-bond donors (Lipinski definition) is 1. The van der Waals surface area contributed by atoms with Crippen LogP contribution in [-0.2, 0) is 0 Å². The van der Waals surface area contributed by atoms with Crippen LogP contribution < -0.4 is 5.32 Å². The normalized spacial score (nSPS) is 11.3. The van der Waals surface area contributed by atoms with E-state index in [-0.39, 0.29) is 5.54 Å². The summed E-state index contributed by atoms with van der Waals surface area (Å²) < 4.78 is 0. The number of anilines is 1. The van der Waals surface area contributed by atoms with Crippen LogP contribution in [-0.4, -0.2) is 5.54 Å². The van der Waals surface area contributed by atoms with Gasteiger partial charge in [0.05, 0.1) is 11.3 Å². The number of benzene rings is 3. The number of rotatable bonds is 2. The van der Waals surface area contributed by atoms with Crippen LogP contribution in [0.2, 0.25) is 5.02 Å². The lowest BCUT2D eigenvalue weighted by molar-refractivity contribution is 0.634. The minimum atomic E-state index is -0.158. The van der Waals surface area contributed by atoms with E-state index >= 15 is 0 Å². The van der Waals surface area contributed by atoms with Crippen molar-refractivity contribution in [2.75, 3.05) is 5.32 Å². The van der Waals surface area contributed by atoms with Gasteiger partial charge in [-0.05, 0) is 49.9 Å². The van der Waals surface area contributed by atoms with Gasteiger partial charge in [-0.3, -0.25) is 0 Å². The third-order valence-electron chi connectivity index (χ3n) is 3.82. The van der Waals surface area contributed by atoms with Crippen molar-refractivity contribution in [3.8, 4) is 17.2 Å². The molecule has 3 heteroatoms. The van der Waals surface area contributed by atoms with Crippen LogP contribution in [0.25, 0.3) is 21.9 Å². The molecule has 0 bridgehead atoms. The molecule has 0 fully saturated rings. The van der Waals surface area contributed by atoms with Gasteiger partial charge in [0.15, 0.2) is 0 Å². The molecule has 0 heterocycles. The second kappa shape index (κ2) is 6.19. The van der Waals surface area contributed by atoms with Crippen LogP contribution in [0.15, 0.2) is 54.6 Å². The van der Waals surface area contributed by atoms with E-state index in [4.69, 9.17) is 11.6 Å². The summed E-state index contributed by atoms with van der Waals surface area (Å²) in [5.41, 5.74) is 3.43. The fourth-order valence-corrected chi connectivity index (χ4v) is 2.95. The van der Waals surface area contributed by atoms with E-state index < -0.39 is 0 Å². The minimum absolute atomic E-state index is 0.158. The van der Waals surface area contributed by atoms with Crippen molar-refractivity contribution >= 4 is 28.1 Å². The summed E-state index contributed by atoms with van der Waals surface area (Å²) in [6, 6.07) is 20.2. The molecule has 3 aromatic carbocycles. The highest BCUT2D eigenvalue weighted by Gasteiger charge is 2.19. The first-order valence-corrected chi connectivity index (χ1v) is 8.27. The molecule has 0 aliphatic rings. The zero-order valence-electron chi connectivity index (χ0n) is 14.0. The third kappa shape index (κ3) is 3.22. The Morgan fingerprint density at radius 2 is 1.67 bits per heavy atom. The summed E-state index contributed by atoms with van der Waals surface area (Å²) >= 11 is 6.03. The summed E-state index contributed by atoms with van der Waals surface area (Å²) in [5.74, 6) is 0. The molecule has 120 valence electrons. The first-order chi connectivity index (χ1) is 11.4. The van der Waals surface area contributed by atoms with Crippen molar-refractivity contribution in [2.24, 2.45) is 0 Å². The van der Waals surface area contributed by atoms with Crippen LogP contribution in [0.4, 0.5) is 5.69 Å². The highest BCUT2D eigenvalue weighted by molar-refractivity contribution is 6.30. The zero-order valence-corrected chi connectivity index (χ0v) is 14.8. The fourth-order valence-electron chi connectivity index (χ4n) is 2.83. The molecule has 0 aliphatic heterocycles. The molecule has 0 unspecified atom stereocenters. The Morgan fingerprint density at radius 1 is 1.00 bits per heavy atom. The molecule has 3 rings (SSSR count). The van der Waals surface area contributed by atoms with Gasteiger partial charge in [0.1, 0.15) is 6.07 Å². The van der Waals surface area contributed by atoms with E-state index in [1.54, 1.807) is 0 Å². The van der Waals surface area contributed by atoms with Crippen molar-refractivity contribution in [1.82, 2.24) is 0 Å². The summed E-state index contributed by atoms with van der Waals surface area (Å²) in [5, 5.41) is 16.1. The molecule has 2 nitrogen and oxygen atoms in total. The Morgan fingerprint density at radius 3 is 2.29 bits per heavy atom. The molecule has 1 N–H and O–H groups in total.